The van der Waals surface area contributed by atoms with Crippen LogP contribution in [0, 0.1) is 11.3 Å². The number of nitriles is 1. The largest absolute Gasteiger partial charge is 0.489 e. The van der Waals surface area contributed by atoms with Gasteiger partial charge in [0.05, 0.1) is 25.8 Å². The van der Waals surface area contributed by atoms with Crippen molar-refractivity contribution in [2.75, 3.05) is 5.32 Å². The minimum absolute atomic E-state index is 0.0925. The minimum atomic E-state index is -0.600. The summed E-state index contributed by atoms with van der Waals surface area (Å²) in [6.45, 7) is 4.09. The molecule has 34 heavy (non-hydrogen) atoms. The van der Waals surface area contributed by atoms with Gasteiger partial charge in [-0.25, -0.2) is 0 Å². The molecule has 1 amide bonds. The number of benzene rings is 3. The molecule has 3 aromatic carbocycles. The maximum atomic E-state index is 12.6. The molecule has 0 aliphatic carbocycles. The van der Waals surface area contributed by atoms with Gasteiger partial charge in [-0.2, -0.15) is 5.26 Å². The van der Waals surface area contributed by atoms with Gasteiger partial charge in [-0.3, -0.25) is 4.79 Å². The van der Waals surface area contributed by atoms with E-state index in [0.717, 1.165) is 11.1 Å². The lowest BCUT2D eigenvalue weighted by Gasteiger charge is -2.12. The van der Waals surface area contributed by atoms with Crippen molar-refractivity contribution in [3.05, 3.63) is 110 Å². The Kier molecular flexibility index (Phi) is 9.04. The number of nitrogens with zero attached hydrogens (tertiary/aromatic N) is 1. The number of carbonyl (C=O) groups is 1. The number of halogens is 4. The van der Waals surface area contributed by atoms with Crippen molar-refractivity contribution in [2.24, 2.45) is 0 Å². The van der Waals surface area contributed by atoms with Gasteiger partial charge >= 0.3 is 0 Å². The molecule has 3 aromatic rings. The Bertz CT molecular complexity index is 1310. The summed E-state index contributed by atoms with van der Waals surface area (Å²) >= 11 is 24.1. The molecule has 8 heteroatoms. The first-order chi connectivity index (χ1) is 16.3. The van der Waals surface area contributed by atoms with E-state index in [0.29, 0.717) is 45.1 Å². The van der Waals surface area contributed by atoms with E-state index in [9.17, 15) is 10.1 Å². The average molecular weight is 532 g/mol. The molecule has 3 rings (SSSR count). The molecule has 0 atom stereocenters. The van der Waals surface area contributed by atoms with Crippen LogP contribution in [0.4, 0.5) is 5.69 Å². The van der Waals surface area contributed by atoms with Crippen LogP contribution in [0.1, 0.15) is 16.7 Å². The molecule has 4 nitrogen and oxygen atoms in total. The SMILES string of the molecule is C=CCc1cc(/C=C(/C#N)C(=O)Nc2cccc(Cl)c2Cl)ccc1OCc1ccc(Cl)c(Cl)c1. The first-order valence-corrected chi connectivity index (χ1v) is 11.5. The van der Waals surface area contributed by atoms with E-state index in [1.54, 1.807) is 48.5 Å². The average Bonchev–Trinajstić information content (AvgIpc) is 2.82. The van der Waals surface area contributed by atoms with Gasteiger partial charge in [0.15, 0.2) is 0 Å². The van der Waals surface area contributed by atoms with Gasteiger partial charge in [0.1, 0.15) is 24.0 Å². The lowest BCUT2D eigenvalue weighted by atomic mass is 10.0. The van der Waals surface area contributed by atoms with Crippen LogP contribution in [0.3, 0.4) is 0 Å². The third kappa shape index (κ3) is 6.56. The van der Waals surface area contributed by atoms with Crippen LogP contribution in [0.5, 0.6) is 5.75 Å². The Morgan fingerprint density at radius 2 is 1.82 bits per heavy atom. The van der Waals surface area contributed by atoms with Crippen molar-refractivity contribution < 1.29 is 9.53 Å². The quantitative estimate of drug-likeness (QED) is 0.181. The van der Waals surface area contributed by atoms with Gasteiger partial charge in [0.25, 0.3) is 5.91 Å². The summed E-state index contributed by atoms with van der Waals surface area (Å²) in [4.78, 5) is 12.6. The summed E-state index contributed by atoms with van der Waals surface area (Å²) in [6, 6.07) is 17.5. The molecule has 0 unspecified atom stereocenters. The number of ether oxygens (including phenoxy) is 1. The number of allylic oxidation sites excluding steroid dienone is 1. The number of hydrogen-bond acceptors (Lipinski definition) is 3. The van der Waals surface area contributed by atoms with Gasteiger partial charge < -0.3 is 10.1 Å². The highest BCUT2D eigenvalue weighted by Gasteiger charge is 2.13. The van der Waals surface area contributed by atoms with Crippen LogP contribution in [-0.2, 0) is 17.8 Å². The molecule has 0 bridgehead atoms. The van der Waals surface area contributed by atoms with Gasteiger partial charge in [0, 0.05) is 0 Å². The predicted octanol–water partition coefficient (Wildman–Crippen LogP) is 8.15. The van der Waals surface area contributed by atoms with Crippen LogP contribution in [-0.4, -0.2) is 5.91 Å². The summed E-state index contributed by atoms with van der Waals surface area (Å²) in [5, 5.41) is 13.6. The highest BCUT2D eigenvalue weighted by atomic mass is 35.5. The second-order valence-corrected chi connectivity index (χ2v) is 8.72. The van der Waals surface area contributed by atoms with E-state index in [1.165, 1.54) is 6.08 Å². The summed E-state index contributed by atoms with van der Waals surface area (Å²) in [7, 11) is 0. The monoisotopic (exact) mass is 530 g/mol. The third-order valence-corrected chi connectivity index (χ3v) is 6.26. The van der Waals surface area contributed by atoms with Crippen molar-refractivity contribution in [1.82, 2.24) is 0 Å². The molecular weight excluding hydrogens is 514 g/mol. The summed E-state index contributed by atoms with van der Waals surface area (Å²) in [5.41, 5.74) is 2.59. The maximum Gasteiger partial charge on any atom is 0.266 e. The fourth-order valence-corrected chi connectivity index (χ4v) is 3.71. The van der Waals surface area contributed by atoms with Crippen LogP contribution < -0.4 is 10.1 Å². The van der Waals surface area contributed by atoms with Crippen LogP contribution in [0.15, 0.2) is 72.8 Å². The zero-order valence-electron chi connectivity index (χ0n) is 17.7. The molecule has 1 N–H and O–H groups in total. The highest BCUT2D eigenvalue weighted by molar-refractivity contribution is 6.44. The standard InChI is InChI=1S/C26H18Cl4N2O2/c1-2-4-18-11-16(8-10-24(18)34-15-17-7-9-20(27)22(29)13-17)12-19(14-31)26(33)32-23-6-3-5-21(28)25(23)30/h2-3,5-13H,1,4,15H2,(H,32,33)/b19-12-. The van der Waals surface area contributed by atoms with Crippen LogP contribution >= 0.6 is 46.4 Å². The molecule has 0 aliphatic rings. The molecule has 0 fully saturated rings. The smallest absolute Gasteiger partial charge is 0.266 e. The topological polar surface area (TPSA) is 62.1 Å². The van der Waals surface area contributed by atoms with E-state index in [2.05, 4.69) is 11.9 Å². The zero-order valence-corrected chi connectivity index (χ0v) is 20.8. The van der Waals surface area contributed by atoms with Crippen molar-refractivity contribution in [3.8, 4) is 11.8 Å². The fourth-order valence-electron chi connectivity index (χ4n) is 3.04. The molecule has 0 radical (unpaired) electrons. The molecule has 0 saturated carbocycles. The van der Waals surface area contributed by atoms with Crippen molar-refractivity contribution >= 4 is 64.1 Å². The van der Waals surface area contributed by atoms with Crippen molar-refractivity contribution in [3.63, 3.8) is 0 Å². The molecule has 172 valence electrons. The normalized spacial score (nSPS) is 11.0. The van der Waals surface area contributed by atoms with Crippen LogP contribution in [0.2, 0.25) is 20.1 Å². The molecule has 0 aliphatic heterocycles. The molecular formula is C26H18Cl4N2O2. The van der Waals surface area contributed by atoms with Crippen LogP contribution in [0.25, 0.3) is 6.08 Å². The number of anilines is 1. The first kappa shape index (κ1) is 25.7. The number of carbonyl (C=O) groups excluding carboxylic acids is 1. The summed E-state index contributed by atoms with van der Waals surface area (Å²) in [5.74, 6) is 0.0497. The predicted molar refractivity (Wildman–Crippen MR) is 140 cm³/mol. The lowest BCUT2D eigenvalue weighted by molar-refractivity contribution is -0.112. The summed E-state index contributed by atoms with van der Waals surface area (Å²) in [6.07, 6.45) is 3.77. The summed E-state index contributed by atoms with van der Waals surface area (Å²) < 4.78 is 5.97. The van der Waals surface area contributed by atoms with E-state index in [4.69, 9.17) is 51.1 Å². The lowest BCUT2D eigenvalue weighted by Crippen LogP contribution is -2.13. The van der Waals surface area contributed by atoms with Crippen molar-refractivity contribution in [1.29, 1.82) is 5.26 Å². The maximum absolute atomic E-state index is 12.6. The number of hydrogen-bond donors (Lipinski definition) is 1. The van der Waals surface area contributed by atoms with E-state index < -0.39 is 5.91 Å². The Labute approximate surface area is 218 Å². The Balaban J connectivity index is 1.81. The van der Waals surface area contributed by atoms with Gasteiger partial charge in [-0.05, 0) is 65.6 Å². The first-order valence-electron chi connectivity index (χ1n) is 10.00. The second kappa shape index (κ2) is 12.0. The Morgan fingerprint density at radius 1 is 1.03 bits per heavy atom. The van der Waals surface area contributed by atoms with Gasteiger partial charge in [-0.1, -0.05) is 70.7 Å². The fraction of sp³-hybridized carbons (Fsp3) is 0.0769. The van der Waals surface area contributed by atoms with Gasteiger partial charge in [0.2, 0.25) is 0 Å². The molecule has 0 spiro atoms. The molecule has 0 aromatic heterocycles. The zero-order chi connectivity index (χ0) is 24.7. The number of nitrogens with one attached hydrogen (secondary N) is 1. The van der Waals surface area contributed by atoms with E-state index in [1.807, 2.05) is 18.2 Å². The molecule has 0 heterocycles. The Hall–Kier alpha value is -2.94. The van der Waals surface area contributed by atoms with Crippen molar-refractivity contribution in [2.45, 2.75) is 13.0 Å². The number of amides is 1. The number of rotatable bonds is 8. The minimum Gasteiger partial charge on any atom is -0.489 e. The second-order valence-electron chi connectivity index (χ2n) is 7.12. The Morgan fingerprint density at radius 3 is 2.53 bits per heavy atom. The third-order valence-electron chi connectivity index (χ3n) is 4.70. The molecule has 0 saturated heterocycles. The highest BCUT2D eigenvalue weighted by Crippen LogP contribution is 2.30. The van der Waals surface area contributed by atoms with E-state index >= 15 is 0 Å². The van der Waals surface area contributed by atoms with Gasteiger partial charge in [-0.15, -0.1) is 6.58 Å². The van der Waals surface area contributed by atoms with E-state index in [-0.39, 0.29) is 10.6 Å².